The van der Waals surface area contributed by atoms with E-state index in [1.807, 2.05) is 6.07 Å². The molecule has 3 aromatic rings. The number of ether oxygens (including phenoxy) is 2. The second-order valence-corrected chi connectivity index (χ2v) is 8.39. The molecule has 1 saturated heterocycles. The maximum atomic E-state index is 14.4. The number of hydrogen-bond acceptors (Lipinski definition) is 7. The smallest absolute Gasteiger partial charge is 0.163 e. The molecular weight excluding hydrogens is 423 g/mol. The summed E-state index contributed by atoms with van der Waals surface area (Å²) in [6.45, 7) is 5.60. The van der Waals surface area contributed by atoms with Crippen LogP contribution in [-0.4, -0.2) is 53.3 Å². The number of methoxy groups -OCH3 is 1. The van der Waals surface area contributed by atoms with Crippen LogP contribution in [0.2, 0.25) is 0 Å². The van der Waals surface area contributed by atoms with Gasteiger partial charge in [-0.2, -0.15) is 0 Å². The van der Waals surface area contributed by atoms with E-state index in [1.165, 1.54) is 57.2 Å². The Labute approximate surface area is 193 Å². The first-order valence-electron chi connectivity index (χ1n) is 11.5. The van der Waals surface area contributed by atoms with Gasteiger partial charge in [0.2, 0.25) is 0 Å². The first-order valence-corrected chi connectivity index (χ1v) is 11.5. The van der Waals surface area contributed by atoms with Crippen molar-refractivity contribution in [3.63, 3.8) is 0 Å². The average molecular weight is 455 g/mol. The normalized spacial score (nSPS) is 14.8. The van der Waals surface area contributed by atoms with Crippen molar-refractivity contribution in [2.24, 2.45) is 0 Å². The topological polar surface area (TPSA) is 79.7 Å². The van der Waals surface area contributed by atoms with E-state index in [4.69, 9.17) is 9.47 Å². The van der Waals surface area contributed by atoms with Gasteiger partial charge in [0, 0.05) is 23.6 Å². The lowest BCUT2D eigenvalue weighted by Gasteiger charge is -2.20. The van der Waals surface area contributed by atoms with Crippen molar-refractivity contribution in [2.45, 2.75) is 39.0 Å². The summed E-state index contributed by atoms with van der Waals surface area (Å²) in [7, 11) is 1.58. The summed E-state index contributed by atoms with van der Waals surface area (Å²) >= 11 is 0. The van der Waals surface area contributed by atoms with Crippen LogP contribution in [0.4, 0.5) is 15.9 Å². The second-order valence-electron chi connectivity index (χ2n) is 8.39. The molecule has 1 aromatic heterocycles. The summed E-state index contributed by atoms with van der Waals surface area (Å²) in [5.74, 6) is 1.12. The SMILES string of the molecule is COc1cc2c(Nc3c(F)ccc(O)c3C)ncnc2cc1OCCCN1CCCCCC1. The van der Waals surface area contributed by atoms with Crippen molar-refractivity contribution >= 4 is 22.4 Å². The number of phenols is 1. The molecule has 8 heteroatoms. The highest BCUT2D eigenvalue weighted by molar-refractivity contribution is 5.93. The van der Waals surface area contributed by atoms with Gasteiger partial charge < -0.3 is 24.8 Å². The first-order chi connectivity index (χ1) is 16.1. The largest absolute Gasteiger partial charge is 0.508 e. The molecule has 4 rings (SSSR count). The maximum absolute atomic E-state index is 14.4. The zero-order valence-electron chi connectivity index (χ0n) is 19.2. The molecule has 7 nitrogen and oxygen atoms in total. The Morgan fingerprint density at radius 1 is 1.09 bits per heavy atom. The monoisotopic (exact) mass is 454 g/mol. The third kappa shape index (κ3) is 5.45. The number of aromatic hydroxyl groups is 1. The summed E-state index contributed by atoms with van der Waals surface area (Å²) in [4.78, 5) is 11.2. The molecular formula is C25H31FN4O3. The summed E-state index contributed by atoms with van der Waals surface area (Å²) in [5.41, 5.74) is 1.22. The van der Waals surface area contributed by atoms with Crippen molar-refractivity contribution < 1.29 is 19.0 Å². The molecule has 1 aliphatic heterocycles. The Kier molecular flexibility index (Phi) is 7.44. The number of nitrogens with zero attached hydrogens (tertiary/aromatic N) is 3. The van der Waals surface area contributed by atoms with Crippen LogP contribution in [0.25, 0.3) is 10.9 Å². The van der Waals surface area contributed by atoms with Crippen molar-refractivity contribution in [3.05, 3.63) is 42.0 Å². The van der Waals surface area contributed by atoms with Gasteiger partial charge in [-0.3, -0.25) is 0 Å². The van der Waals surface area contributed by atoms with Gasteiger partial charge in [0.1, 0.15) is 23.7 Å². The highest BCUT2D eigenvalue weighted by atomic mass is 19.1. The number of fused-ring (bicyclic) bond motifs is 1. The second kappa shape index (κ2) is 10.7. The Morgan fingerprint density at radius 2 is 1.88 bits per heavy atom. The van der Waals surface area contributed by atoms with Gasteiger partial charge in [-0.25, -0.2) is 14.4 Å². The standard InChI is InChI=1S/C25H31FN4O3/c1-17-21(31)9-8-19(26)24(17)29-25-18-14-22(32-2)23(15-20(18)27-16-28-25)33-13-7-12-30-10-5-3-4-6-11-30/h8-9,14-16,31H,3-7,10-13H2,1-2H3,(H,27,28,29). The Morgan fingerprint density at radius 3 is 2.64 bits per heavy atom. The van der Waals surface area contributed by atoms with Crippen LogP contribution in [0.1, 0.15) is 37.7 Å². The number of aromatic nitrogens is 2. The van der Waals surface area contributed by atoms with Crippen molar-refractivity contribution in [1.29, 1.82) is 0 Å². The number of phenolic OH excluding ortho intramolecular Hbond substituents is 1. The molecule has 176 valence electrons. The van der Waals surface area contributed by atoms with Crippen LogP contribution in [0.15, 0.2) is 30.6 Å². The number of halogens is 1. The fourth-order valence-corrected chi connectivity index (χ4v) is 4.21. The summed E-state index contributed by atoms with van der Waals surface area (Å²) < 4.78 is 26.0. The van der Waals surface area contributed by atoms with E-state index in [-0.39, 0.29) is 11.4 Å². The lowest BCUT2D eigenvalue weighted by molar-refractivity contribution is 0.235. The predicted octanol–water partition coefficient (Wildman–Crippen LogP) is 5.18. The molecule has 2 heterocycles. The maximum Gasteiger partial charge on any atom is 0.163 e. The molecule has 1 fully saturated rings. The molecule has 2 N–H and O–H groups in total. The molecule has 0 aliphatic carbocycles. The Hall–Kier alpha value is -3.13. The molecule has 0 amide bonds. The van der Waals surface area contributed by atoms with Crippen LogP contribution < -0.4 is 14.8 Å². The number of likely N-dealkylation sites (tertiary alicyclic amines) is 1. The van der Waals surface area contributed by atoms with Crippen LogP contribution in [0.3, 0.4) is 0 Å². The van der Waals surface area contributed by atoms with E-state index >= 15 is 0 Å². The van der Waals surface area contributed by atoms with Gasteiger partial charge in [-0.1, -0.05) is 12.8 Å². The summed E-state index contributed by atoms with van der Waals surface area (Å²) in [6.07, 6.45) is 7.57. The molecule has 0 saturated carbocycles. The fraction of sp³-hybridized carbons (Fsp3) is 0.440. The lowest BCUT2D eigenvalue weighted by atomic mass is 10.1. The van der Waals surface area contributed by atoms with Gasteiger partial charge in [0.05, 0.1) is 24.9 Å². The minimum Gasteiger partial charge on any atom is -0.508 e. The van der Waals surface area contributed by atoms with Gasteiger partial charge in [0.15, 0.2) is 11.5 Å². The van der Waals surface area contributed by atoms with Gasteiger partial charge in [-0.15, -0.1) is 0 Å². The van der Waals surface area contributed by atoms with E-state index in [0.29, 0.717) is 40.4 Å². The zero-order chi connectivity index (χ0) is 23.2. The molecule has 0 unspecified atom stereocenters. The summed E-state index contributed by atoms with van der Waals surface area (Å²) in [6, 6.07) is 6.15. The van der Waals surface area contributed by atoms with E-state index in [2.05, 4.69) is 20.2 Å². The van der Waals surface area contributed by atoms with Crippen LogP contribution in [0, 0.1) is 12.7 Å². The number of anilines is 2. The van der Waals surface area contributed by atoms with Crippen LogP contribution in [-0.2, 0) is 0 Å². The minimum atomic E-state index is -0.478. The molecule has 0 spiro atoms. The first kappa shape index (κ1) is 23.0. The molecule has 2 aromatic carbocycles. The minimum absolute atomic E-state index is 0.00528. The van der Waals surface area contributed by atoms with E-state index < -0.39 is 5.82 Å². The number of nitrogens with one attached hydrogen (secondary N) is 1. The van der Waals surface area contributed by atoms with E-state index in [0.717, 1.165) is 13.0 Å². The Balaban J connectivity index is 1.50. The highest BCUT2D eigenvalue weighted by Gasteiger charge is 2.16. The van der Waals surface area contributed by atoms with Gasteiger partial charge >= 0.3 is 0 Å². The van der Waals surface area contributed by atoms with Gasteiger partial charge in [0.25, 0.3) is 0 Å². The van der Waals surface area contributed by atoms with Crippen LogP contribution >= 0.6 is 0 Å². The predicted molar refractivity (Wildman–Crippen MR) is 127 cm³/mol. The number of benzene rings is 2. The molecule has 1 aliphatic rings. The van der Waals surface area contributed by atoms with E-state index in [1.54, 1.807) is 20.1 Å². The molecule has 0 radical (unpaired) electrons. The van der Waals surface area contributed by atoms with Crippen LogP contribution in [0.5, 0.6) is 17.2 Å². The van der Waals surface area contributed by atoms with Crippen molar-refractivity contribution in [2.75, 3.05) is 38.7 Å². The van der Waals surface area contributed by atoms with Crippen molar-refractivity contribution in [1.82, 2.24) is 14.9 Å². The third-order valence-electron chi connectivity index (χ3n) is 6.12. The Bertz CT molecular complexity index is 1100. The van der Waals surface area contributed by atoms with E-state index in [9.17, 15) is 9.50 Å². The molecule has 33 heavy (non-hydrogen) atoms. The average Bonchev–Trinajstić information content (AvgIpc) is 3.10. The molecule has 0 bridgehead atoms. The number of hydrogen-bond donors (Lipinski definition) is 2. The number of rotatable bonds is 8. The third-order valence-corrected chi connectivity index (χ3v) is 6.12. The van der Waals surface area contributed by atoms with Crippen molar-refractivity contribution in [3.8, 4) is 17.2 Å². The molecule has 0 atom stereocenters. The fourth-order valence-electron chi connectivity index (χ4n) is 4.21. The summed E-state index contributed by atoms with van der Waals surface area (Å²) in [5, 5.41) is 13.6. The zero-order valence-corrected chi connectivity index (χ0v) is 19.2. The highest BCUT2D eigenvalue weighted by Crippen LogP contribution is 2.36. The lowest BCUT2D eigenvalue weighted by Crippen LogP contribution is -2.26. The van der Waals surface area contributed by atoms with Gasteiger partial charge in [-0.05, 0) is 57.5 Å². The quantitative estimate of drug-likeness (QED) is 0.454.